The number of rotatable bonds is 11. The summed E-state index contributed by atoms with van der Waals surface area (Å²) in [5.74, 6) is -0.947. The van der Waals surface area contributed by atoms with Crippen molar-refractivity contribution in [1.29, 1.82) is 0 Å². The molecule has 0 radical (unpaired) electrons. The van der Waals surface area contributed by atoms with Gasteiger partial charge in [-0.1, -0.05) is 30.7 Å². The zero-order chi connectivity index (χ0) is 29.0. The van der Waals surface area contributed by atoms with Gasteiger partial charge < -0.3 is 14.8 Å². The van der Waals surface area contributed by atoms with Gasteiger partial charge in [0.25, 0.3) is 10.0 Å². The number of nitrogens with one attached hydrogen (secondary N) is 1. The number of methoxy groups -OCH3 is 2. The molecule has 9 nitrogen and oxygen atoms in total. The first-order valence-corrected chi connectivity index (χ1v) is 15.3. The van der Waals surface area contributed by atoms with E-state index in [9.17, 15) is 26.0 Å². The highest BCUT2D eigenvalue weighted by atomic mass is 35.5. The maximum atomic E-state index is 13.9. The molecule has 0 saturated heterocycles. The number of nitrogens with zero attached hydrogens (tertiary/aromatic N) is 1. The molecule has 3 rings (SSSR count). The Morgan fingerprint density at radius 2 is 1.56 bits per heavy atom. The van der Waals surface area contributed by atoms with Crippen LogP contribution in [0.5, 0.6) is 11.5 Å². The molecule has 13 heteroatoms. The number of carbonyl (C=O) groups excluding carboxylic acids is 1. The first-order valence-electron chi connectivity index (χ1n) is 11.6. The minimum atomic E-state index is -4.38. The van der Waals surface area contributed by atoms with Crippen molar-refractivity contribution in [2.75, 3.05) is 31.3 Å². The van der Waals surface area contributed by atoms with E-state index in [1.54, 1.807) is 12.1 Å². The molecule has 0 aliphatic rings. The van der Waals surface area contributed by atoms with Crippen LogP contribution in [0.25, 0.3) is 0 Å². The molecule has 3 aromatic rings. The Balaban J connectivity index is 1.97. The number of halogens is 2. The Kier molecular flexibility index (Phi) is 9.47. The number of sulfone groups is 1. The number of amides is 1. The van der Waals surface area contributed by atoms with Crippen LogP contribution in [0, 0.1) is 5.82 Å². The third kappa shape index (κ3) is 7.00. The summed E-state index contributed by atoms with van der Waals surface area (Å²) in [7, 11) is -5.01. The molecule has 0 spiro atoms. The molecule has 0 saturated carbocycles. The summed E-state index contributed by atoms with van der Waals surface area (Å²) in [6.45, 7) is 1.16. The van der Waals surface area contributed by atoms with Gasteiger partial charge in [0, 0.05) is 12.3 Å². The summed E-state index contributed by atoms with van der Waals surface area (Å²) in [6.07, 6.45) is 1.53. The Bertz CT molecular complexity index is 1560. The molecule has 0 fully saturated rings. The standard InChI is InChI=1S/C26H28ClFN2O7S2/c1-5-23(17-6-9-19(10-7-17)38(4,32)33)29-26(31)16-30(18-8-12-22(28)21(27)14-18)39(34,35)20-11-13-24(36-2)25(15-20)37-3/h6-15,23H,5,16H2,1-4H3,(H,29,31). The number of carbonyl (C=O) groups is 1. The lowest BCUT2D eigenvalue weighted by Crippen LogP contribution is -2.42. The van der Waals surface area contributed by atoms with Crippen molar-refractivity contribution < 1.29 is 35.5 Å². The van der Waals surface area contributed by atoms with Gasteiger partial charge in [-0.15, -0.1) is 0 Å². The molecule has 1 amide bonds. The first kappa shape index (κ1) is 30.2. The summed E-state index contributed by atoms with van der Waals surface area (Å²) >= 11 is 5.93. The van der Waals surface area contributed by atoms with Crippen LogP contribution in [0.4, 0.5) is 10.1 Å². The van der Waals surface area contributed by atoms with Crippen LogP contribution >= 0.6 is 11.6 Å². The first-order chi connectivity index (χ1) is 18.3. The summed E-state index contributed by atoms with van der Waals surface area (Å²) in [6, 6.07) is 12.8. The van der Waals surface area contributed by atoms with E-state index in [1.807, 2.05) is 6.92 Å². The van der Waals surface area contributed by atoms with Crippen LogP contribution in [0.1, 0.15) is 24.9 Å². The second-order valence-electron chi connectivity index (χ2n) is 8.50. The molecular weight excluding hydrogens is 571 g/mol. The summed E-state index contributed by atoms with van der Waals surface area (Å²) < 4.78 is 76.1. The molecule has 0 aromatic heterocycles. The molecule has 1 N–H and O–H groups in total. The minimum Gasteiger partial charge on any atom is -0.493 e. The van der Waals surface area contributed by atoms with E-state index < -0.39 is 44.2 Å². The average molecular weight is 599 g/mol. The lowest BCUT2D eigenvalue weighted by atomic mass is 10.0. The van der Waals surface area contributed by atoms with Crippen molar-refractivity contribution in [3.05, 3.63) is 77.1 Å². The lowest BCUT2D eigenvalue weighted by molar-refractivity contribution is -0.120. The summed E-state index contributed by atoms with van der Waals surface area (Å²) in [5, 5.41) is 2.46. The van der Waals surface area contributed by atoms with Crippen LogP contribution in [-0.2, 0) is 24.7 Å². The van der Waals surface area contributed by atoms with Gasteiger partial charge in [-0.05, 0) is 54.4 Å². The zero-order valence-electron chi connectivity index (χ0n) is 21.6. The van der Waals surface area contributed by atoms with E-state index >= 15 is 0 Å². The monoisotopic (exact) mass is 598 g/mol. The van der Waals surface area contributed by atoms with Gasteiger partial charge in [-0.2, -0.15) is 0 Å². The predicted octanol–water partition coefficient (Wildman–Crippen LogP) is 4.36. The van der Waals surface area contributed by atoms with Crippen LogP contribution < -0.4 is 19.1 Å². The van der Waals surface area contributed by atoms with Gasteiger partial charge in [-0.25, -0.2) is 21.2 Å². The van der Waals surface area contributed by atoms with Gasteiger partial charge >= 0.3 is 0 Å². The minimum absolute atomic E-state index is 0.0307. The number of benzene rings is 3. The second-order valence-corrected chi connectivity index (χ2v) is 12.8. The van der Waals surface area contributed by atoms with Gasteiger partial charge in [-0.3, -0.25) is 9.10 Å². The second kappa shape index (κ2) is 12.2. The lowest BCUT2D eigenvalue weighted by Gasteiger charge is -2.26. The Morgan fingerprint density at radius 1 is 0.949 bits per heavy atom. The van der Waals surface area contributed by atoms with E-state index in [0.717, 1.165) is 22.7 Å². The van der Waals surface area contributed by atoms with Crippen molar-refractivity contribution >= 4 is 43.1 Å². The smallest absolute Gasteiger partial charge is 0.264 e. The van der Waals surface area contributed by atoms with Crippen molar-refractivity contribution in [2.24, 2.45) is 0 Å². The van der Waals surface area contributed by atoms with Gasteiger partial charge in [0.15, 0.2) is 21.3 Å². The topological polar surface area (TPSA) is 119 Å². The van der Waals surface area contributed by atoms with E-state index in [0.29, 0.717) is 17.7 Å². The fraction of sp³-hybridized carbons (Fsp3) is 0.269. The van der Waals surface area contributed by atoms with Crippen LogP contribution in [0.3, 0.4) is 0 Å². The largest absolute Gasteiger partial charge is 0.493 e. The zero-order valence-corrected chi connectivity index (χ0v) is 24.0. The Hall–Kier alpha value is -3.35. The Morgan fingerprint density at radius 3 is 2.10 bits per heavy atom. The maximum absolute atomic E-state index is 13.9. The number of anilines is 1. The molecule has 0 heterocycles. The van der Waals surface area contributed by atoms with Gasteiger partial charge in [0.1, 0.15) is 12.4 Å². The predicted molar refractivity (Wildman–Crippen MR) is 146 cm³/mol. The molecular formula is C26H28ClFN2O7S2. The van der Waals surface area contributed by atoms with Crippen LogP contribution in [0.2, 0.25) is 5.02 Å². The number of sulfonamides is 1. The molecule has 210 valence electrons. The average Bonchev–Trinajstić information content (AvgIpc) is 2.91. The Labute approximate surface area is 232 Å². The summed E-state index contributed by atoms with van der Waals surface area (Å²) in [4.78, 5) is 13.1. The van der Waals surface area contributed by atoms with Crippen molar-refractivity contribution in [3.63, 3.8) is 0 Å². The molecule has 39 heavy (non-hydrogen) atoms. The van der Waals surface area contributed by atoms with E-state index in [1.165, 1.54) is 50.6 Å². The van der Waals surface area contributed by atoms with Crippen molar-refractivity contribution in [1.82, 2.24) is 5.32 Å². The quantitative estimate of drug-likeness (QED) is 0.348. The SMILES string of the molecule is CCC(NC(=O)CN(c1ccc(F)c(Cl)c1)S(=O)(=O)c1ccc(OC)c(OC)c1)c1ccc(S(C)(=O)=O)cc1. The molecule has 1 unspecified atom stereocenters. The fourth-order valence-electron chi connectivity index (χ4n) is 3.80. The van der Waals surface area contributed by atoms with E-state index in [4.69, 9.17) is 21.1 Å². The fourth-order valence-corrected chi connectivity index (χ4v) is 6.03. The molecule has 3 aromatic carbocycles. The third-order valence-electron chi connectivity index (χ3n) is 5.88. The van der Waals surface area contributed by atoms with Gasteiger partial charge in [0.05, 0.1) is 40.8 Å². The molecule has 0 aliphatic carbocycles. The number of hydrogen-bond acceptors (Lipinski definition) is 7. The highest BCUT2D eigenvalue weighted by molar-refractivity contribution is 7.93. The molecule has 0 bridgehead atoms. The molecule has 1 atom stereocenters. The van der Waals surface area contributed by atoms with Crippen molar-refractivity contribution in [3.8, 4) is 11.5 Å². The molecule has 0 aliphatic heterocycles. The van der Waals surface area contributed by atoms with Gasteiger partial charge in [0.2, 0.25) is 5.91 Å². The number of hydrogen-bond donors (Lipinski definition) is 1. The van der Waals surface area contributed by atoms with E-state index in [-0.39, 0.29) is 26.3 Å². The number of ether oxygens (including phenoxy) is 2. The highest BCUT2D eigenvalue weighted by Gasteiger charge is 2.29. The van der Waals surface area contributed by atoms with Crippen LogP contribution in [0.15, 0.2) is 70.5 Å². The summed E-state index contributed by atoms with van der Waals surface area (Å²) in [5.41, 5.74) is 0.606. The van der Waals surface area contributed by atoms with Crippen LogP contribution in [-0.4, -0.2) is 49.8 Å². The highest BCUT2D eigenvalue weighted by Crippen LogP contribution is 2.33. The third-order valence-corrected chi connectivity index (χ3v) is 9.06. The normalized spacial score (nSPS) is 12.5. The maximum Gasteiger partial charge on any atom is 0.264 e. The van der Waals surface area contributed by atoms with Crippen molar-refractivity contribution in [2.45, 2.75) is 29.2 Å². The van der Waals surface area contributed by atoms with E-state index in [2.05, 4.69) is 5.32 Å².